The highest BCUT2D eigenvalue weighted by molar-refractivity contribution is 5.41. The van der Waals surface area contributed by atoms with Crippen LogP contribution in [0, 0.1) is 37.5 Å². The molecule has 0 aliphatic heterocycles. The maximum absolute atomic E-state index is 9.30. The number of nitrogens with zero attached hydrogens (tertiary/aromatic N) is 1. The van der Waals surface area contributed by atoms with E-state index in [-0.39, 0.29) is 6.04 Å². The normalized spacial score (nSPS) is 13.2. The van der Waals surface area contributed by atoms with Crippen LogP contribution in [0.3, 0.4) is 0 Å². The third kappa shape index (κ3) is 2.68. The molecule has 0 heterocycles. The first-order valence-electron chi connectivity index (χ1n) is 5.99. The highest BCUT2D eigenvalue weighted by Crippen LogP contribution is 2.36. The third-order valence-electron chi connectivity index (χ3n) is 3.33. The molecule has 0 spiro atoms. The van der Waals surface area contributed by atoms with Crippen LogP contribution in [0.1, 0.15) is 42.1 Å². The van der Waals surface area contributed by atoms with Gasteiger partial charge in [0.15, 0.2) is 0 Å². The summed E-state index contributed by atoms with van der Waals surface area (Å²) in [6.07, 6.45) is 0. The van der Waals surface area contributed by atoms with Gasteiger partial charge in [-0.05, 0) is 58.4 Å². The van der Waals surface area contributed by atoms with Gasteiger partial charge in [-0.3, -0.25) is 0 Å². The second kappa shape index (κ2) is 4.89. The maximum atomic E-state index is 9.30. The van der Waals surface area contributed by atoms with E-state index in [9.17, 15) is 5.26 Å². The Hall–Kier alpha value is -1.33. The van der Waals surface area contributed by atoms with Gasteiger partial charge in [-0.25, -0.2) is 0 Å². The van der Waals surface area contributed by atoms with E-state index in [1.165, 1.54) is 22.3 Å². The fourth-order valence-corrected chi connectivity index (χ4v) is 2.58. The van der Waals surface area contributed by atoms with E-state index < -0.39 is 5.41 Å². The summed E-state index contributed by atoms with van der Waals surface area (Å²) in [6, 6.07) is 6.82. The van der Waals surface area contributed by atoms with Crippen molar-refractivity contribution in [3.8, 4) is 6.07 Å². The van der Waals surface area contributed by atoms with Crippen LogP contribution >= 0.6 is 0 Å². The van der Waals surface area contributed by atoms with Gasteiger partial charge < -0.3 is 5.32 Å². The Kier molecular flexibility index (Phi) is 3.95. The van der Waals surface area contributed by atoms with E-state index in [1.54, 1.807) is 0 Å². The molecule has 0 fully saturated rings. The molecule has 1 atom stereocenters. The molecule has 0 aliphatic carbocycles. The highest BCUT2D eigenvalue weighted by Gasteiger charge is 2.31. The molecule has 1 unspecified atom stereocenters. The number of benzene rings is 1. The van der Waals surface area contributed by atoms with Gasteiger partial charge in [-0.2, -0.15) is 5.26 Å². The van der Waals surface area contributed by atoms with E-state index in [0.29, 0.717) is 0 Å². The molecule has 17 heavy (non-hydrogen) atoms. The molecule has 0 aliphatic rings. The Morgan fingerprint density at radius 3 is 2.00 bits per heavy atom. The lowest BCUT2D eigenvalue weighted by Crippen LogP contribution is -2.32. The molecule has 0 saturated heterocycles. The number of rotatable bonds is 3. The first-order valence-corrected chi connectivity index (χ1v) is 5.99. The molecular weight excluding hydrogens is 208 g/mol. The lowest BCUT2D eigenvalue weighted by molar-refractivity contribution is 0.341. The number of hydrogen-bond donors (Lipinski definition) is 1. The summed E-state index contributed by atoms with van der Waals surface area (Å²) in [5, 5.41) is 12.6. The molecule has 0 amide bonds. The zero-order valence-corrected chi connectivity index (χ0v) is 11.7. The summed E-state index contributed by atoms with van der Waals surface area (Å²) < 4.78 is 0. The standard InChI is InChI=1S/C15H22N2/c1-10-7-11(2)13(12(3)8-10)14(17-6)15(4,5)9-16/h7-8,14,17H,1-6H3. The van der Waals surface area contributed by atoms with E-state index in [0.717, 1.165) is 0 Å². The van der Waals surface area contributed by atoms with Crippen molar-refractivity contribution in [2.24, 2.45) is 5.41 Å². The molecule has 1 aromatic carbocycles. The highest BCUT2D eigenvalue weighted by atomic mass is 14.9. The second-order valence-electron chi connectivity index (χ2n) is 5.37. The summed E-state index contributed by atoms with van der Waals surface area (Å²) in [5.74, 6) is 0. The predicted octanol–water partition coefficient (Wildman–Crippen LogP) is 3.42. The largest absolute Gasteiger partial charge is 0.312 e. The van der Waals surface area contributed by atoms with Gasteiger partial charge >= 0.3 is 0 Å². The minimum atomic E-state index is -0.417. The summed E-state index contributed by atoms with van der Waals surface area (Å²) in [4.78, 5) is 0. The van der Waals surface area contributed by atoms with Gasteiger partial charge in [0.1, 0.15) is 0 Å². The lowest BCUT2D eigenvalue weighted by Gasteiger charge is -2.31. The van der Waals surface area contributed by atoms with Crippen molar-refractivity contribution in [1.82, 2.24) is 5.32 Å². The predicted molar refractivity (Wildman–Crippen MR) is 71.8 cm³/mol. The Morgan fingerprint density at radius 2 is 1.65 bits per heavy atom. The van der Waals surface area contributed by atoms with Crippen LogP contribution in [-0.4, -0.2) is 7.05 Å². The van der Waals surface area contributed by atoms with Gasteiger partial charge in [-0.15, -0.1) is 0 Å². The molecule has 0 radical (unpaired) electrons. The molecular formula is C15H22N2. The molecule has 0 aromatic heterocycles. The zero-order chi connectivity index (χ0) is 13.2. The lowest BCUT2D eigenvalue weighted by atomic mass is 9.78. The average molecular weight is 230 g/mol. The van der Waals surface area contributed by atoms with Crippen molar-refractivity contribution in [2.75, 3.05) is 7.05 Å². The van der Waals surface area contributed by atoms with Gasteiger partial charge in [0.05, 0.1) is 17.5 Å². The molecule has 92 valence electrons. The third-order valence-corrected chi connectivity index (χ3v) is 3.33. The van der Waals surface area contributed by atoms with Crippen LogP contribution in [0.2, 0.25) is 0 Å². The minimum Gasteiger partial charge on any atom is -0.312 e. The summed E-state index contributed by atoms with van der Waals surface area (Å²) >= 11 is 0. The quantitative estimate of drug-likeness (QED) is 0.863. The fourth-order valence-electron chi connectivity index (χ4n) is 2.58. The van der Waals surface area contributed by atoms with Crippen LogP contribution in [-0.2, 0) is 0 Å². The smallest absolute Gasteiger partial charge is 0.0712 e. The molecule has 0 saturated carbocycles. The Balaban J connectivity index is 3.37. The maximum Gasteiger partial charge on any atom is 0.0712 e. The Labute approximate surface area is 105 Å². The number of aryl methyl sites for hydroxylation is 3. The van der Waals surface area contributed by atoms with Gasteiger partial charge in [-0.1, -0.05) is 17.7 Å². The Morgan fingerprint density at radius 1 is 1.18 bits per heavy atom. The Bertz CT molecular complexity index is 429. The summed E-state index contributed by atoms with van der Waals surface area (Å²) in [6.45, 7) is 10.3. The zero-order valence-electron chi connectivity index (χ0n) is 11.7. The van der Waals surface area contributed by atoms with Crippen LogP contribution in [0.4, 0.5) is 0 Å². The molecule has 1 rings (SSSR count). The van der Waals surface area contributed by atoms with Gasteiger partial charge in [0, 0.05) is 0 Å². The van der Waals surface area contributed by atoms with E-state index >= 15 is 0 Å². The number of hydrogen-bond acceptors (Lipinski definition) is 2. The molecule has 2 heteroatoms. The van der Waals surface area contributed by atoms with Crippen molar-refractivity contribution in [2.45, 2.75) is 40.7 Å². The van der Waals surface area contributed by atoms with E-state index in [1.807, 2.05) is 20.9 Å². The van der Waals surface area contributed by atoms with Crippen LogP contribution in [0.25, 0.3) is 0 Å². The van der Waals surface area contributed by atoms with E-state index in [4.69, 9.17) is 0 Å². The van der Waals surface area contributed by atoms with Crippen molar-refractivity contribution in [3.05, 3.63) is 34.4 Å². The molecule has 2 nitrogen and oxygen atoms in total. The first kappa shape index (κ1) is 13.7. The first-order chi connectivity index (χ1) is 7.83. The molecule has 1 N–H and O–H groups in total. The van der Waals surface area contributed by atoms with E-state index in [2.05, 4.69) is 44.3 Å². The van der Waals surface area contributed by atoms with Crippen LogP contribution in [0.5, 0.6) is 0 Å². The molecule has 1 aromatic rings. The average Bonchev–Trinajstić information content (AvgIpc) is 2.22. The molecule has 0 bridgehead atoms. The fraction of sp³-hybridized carbons (Fsp3) is 0.533. The second-order valence-corrected chi connectivity index (χ2v) is 5.37. The van der Waals surface area contributed by atoms with Gasteiger partial charge in [0.25, 0.3) is 0 Å². The van der Waals surface area contributed by atoms with Crippen LogP contribution < -0.4 is 5.32 Å². The monoisotopic (exact) mass is 230 g/mol. The van der Waals surface area contributed by atoms with Crippen molar-refractivity contribution < 1.29 is 0 Å². The van der Waals surface area contributed by atoms with Crippen molar-refractivity contribution in [1.29, 1.82) is 5.26 Å². The summed E-state index contributed by atoms with van der Waals surface area (Å²) in [5.41, 5.74) is 4.62. The summed E-state index contributed by atoms with van der Waals surface area (Å²) in [7, 11) is 1.92. The SMILES string of the molecule is CNC(c1c(C)cc(C)cc1C)C(C)(C)C#N. The topological polar surface area (TPSA) is 35.8 Å². The van der Waals surface area contributed by atoms with Crippen LogP contribution in [0.15, 0.2) is 12.1 Å². The minimum absolute atomic E-state index is 0.0631. The van der Waals surface area contributed by atoms with Crippen molar-refractivity contribution >= 4 is 0 Å². The van der Waals surface area contributed by atoms with Gasteiger partial charge in [0.2, 0.25) is 0 Å². The number of nitrogens with one attached hydrogen (secondary N) is 1. The van der Waals surface area contributed by atoms with Crippen molar-refractivity contribution in [3.63, 3.8) is 0 Å². The number of nitriles is 1.